The number of hydrogen-bond donors (Lipinski definition) is 0. The topological polar surface area (TPSA) is 36.9 Å². The summed E-state index contributed by atoms with van der Waals surface area (Å²) in [5.74, 6) is 1.38. The molecule has 0 amide bonds. The third-order valence-electron chi connectivity index (χ3n) is 5.14. The van der Waals surface area contributed by atoms with E-state index in [4.69, 9.17) is 18.9 Å². The molecule has 0 heterocycles. The van der Waals surface area contributed by atoms with Gasteiger partial charge >= 0.3 is 0 Å². The van der Waals surface area contributed by atoms with E-state index < -0.39 is 12.6 Å². The zero-order valence-corrected chi connectivity index (χ0v) is 27.3. The fraction of sp³-hybridized carbons (Fsp3) is 0.407. The maximum atomic E-state index is 6.02. The van der Waals surface area contributed by atoms with E-state index in [9.17, 15) is 0 Å². The molecular weight excluding hydrogens is 708 g/mol. The Labute approximate surface area is 243 Å². The fourth-order valence-corrected chi connectivity index (χ4v) is 5.90. The lowest BCUT2D eigenvalue weighted by molar-refractivity contribution is -0.0583. The molecule has 2 aromatic rings. The summed E-state index contributed by atoms with van der Waals surface area (Å²) in [7, 11) is 0. The smallest absolute Gasteiger partial charge is 0.197 e. The van der Waals surface area contributed by atoms with Gasteiger partial charge in [0.15, 0.2) is 24.1 Å². The molecule has 4 nitrogen and oxygen atoms in total. The highest BCUT2D eigenvalue weighted by Crippen LogP contribution is 2.44. The van der Waals surface area contributed by atoms with Crippen LogP contribution in [0.2, 0.25) is 0 Å². The van der Waals surface area contributed by atoms with Crippen LogP contribution in [0.3, 0.4) is 0 Å². The van der Waals surface area contributed by atoms with Crippen LogP contribution in [0.5, 0.6) is 11.5 Å². The molecule has 0 spiro atoms. The zero-order valence-electron chi connectivity index (χ0n) is 20.9. The van der Waals surface area contributed by atoms with Gasteiger partial charge in [0.1, 0.15) is 0 Å². The minimum atomic E-state index is -0.417. The molecule has 0 aliphatic heterocycles. The molecule has 0 fully saturated rings. The molecule has 0 aliphatic carbocycles. The van der Waals surface area contributed by atoms with Gasteiger partial charge in [0, 0.05) is 5.41 Å². The largest absolute Gasteiger partial charge is 0.463 e. The monoisotopic (exact) mass is 736 g/mol. The molecule has 2 unspecified atom stereocenters. The van der Waals surface area contributed by atoms with Crippen LogP contribution in [0.15, 0.2) is 66.5 Å². The van der Waals surface area contributed by atoms with Crippen LogP contribution < -0.4 is 9.47 Å². The van der Waals surface area contributed by atoms with Gasteiger partial charge in [-0.3, -0.25) is 0 Å². The molecule has 0 radical (unpaired) electrons. The van der Waals surface area contributed by atoms with Gasteiger partial charge in [0.05, 0.1) is 31.1 Å². The van der Waals surface area contributed by atoms with E-state index >= 15 is 0 Å². The van der Waals surface area contributed by atoms with Gasteiger partial charge in [-0.15, -0.1) is 0 Å². The van der Waals surface area contributed by atoms with E-state index in [1.165, 1.54) is 0 Å². The Kier molecular flexibility index (Phi) is 11.6. The van der Waals surface area contributed by atoms with Crippen LogP contribution in [0.25, 0.3) is 0 Å². The maximum absolute atomic E-state index is 6.02. The van der Waals surface area contributed by atoms with E-state index in [1.807, 2.05) is 27.7 Å². The predicted molar refractivity (Wildman–Crippen MR) is 158 cm³/mol. The maximum Gasteiger partial charge on any atom is 0.197 e. The SMILES string of the molecule is C=C(C)COC(C)Oc1c(Br)cc(C(C)(C)c2cc(Br)c(OC(C)OCC(=C)C)c(Br)c2)cc1Br. The van der Waals surface area contributed by atoms with Gasteiger partial charge in [-0.05, 0) is 127 Å². The van der Waals surface area contributed by atoms with Gasteiger partial charge in [-0.25, -0.2) is 0 Å². The summed E-state index contributed by atoms with van der Waals surface area (Å²) in [6.45, 7) is 20.5. The first kappa shape index (κ1) is 30.6. The molecule has 0 N–H and O–H groups in total. The van der Waals surface area contributed by atoms with Crippen LogP contribution in [0, 0.1) is 0 Å². The molecule has 192 valence electrons. The highest BCUT2D eigenvalue weighted by molar-refractivity contribution is 9.11. The Balaban J connectivity index is 2.29. The van der Waals surface area contributed by atoms with E-state index in [2.05, 4.69) is 115 Å². The van der Waals surface area contributed by atoms with Gasteiger partial charge in [-0.2, -0.15) is 0 Å². The summed E-state index contributed by atoms with van der Waals surface area (Å²) < 4.78 is 26.7. The molecule has 0 bridgehead atoms. The lowest BCUT2D eigenvalue weighted by atomic mass is 9.78. The molecule has 2 rings (SSSR count). The Morgan fingerprint density at radius 2 is 1.00 bits per heavy atom. The van der Waals surface area contributed by atoms with Gasteiger partial charge in [0.2, 0.25) is 0 Å². The quantitative estimate of drug-likeness (QED) is 0.161. The predicted octanol–water partition coefficient (Wildman–Crippen LogP) is 9.70. The Hall–Kier alpha value is -0.640. The van der Waals surface area contributed by atoms with Crippen molar-refractivity contribution in [3.8, 4) is 11.5 Å². The molecule has 2 atom stereocenters. The highest BCUT2D eigenvalue weighted by Gasteiger charge is 2.28. The van der Waals surface area contributed by atoms with Crippen molar-refractivity contribution in [1.29, 1.82) is 0 Å². The molecule has 2 aromatic carbocycles. The summed E-state index contributed by atoms with van der Waals surface area (Å²) >= 11 is 14.7. The number of halogens is 4. The summed E-state index contributed by atoms with van der Waals surface area (Å²) in [5.41, 5.74) is 3.77. The van der Waals surface area contributed by atoms with Gasteiger partial charge in [0.25, 0.3) is 0 Å². The minimum Gasteiger partial charge on any atom is -0.463 e. The van der Waals surface area contributed by atoms with Crippen molar-refractivity contribution in [2.24, 2.45) is 0 Å². The van der Waals surface area contributed by atoms with E-state index in [0.717, 1.165) is 40.2 Å². The van der Waals surface area contributed by atoms with Crippen LogP contribution >= 0.6 is 63.7 Å². The first-order valence-electron chi connectivity index (χ1n) is 11.1. The number of hydrogen-bond acceptors (Lipinski definition) is 4. The van der Waals surface area contributed by atoms with Crippen molar-refractivity contribution in [2.75, 3.05) is 13.2 Å². The average molecular weight is 740 g/mol. The molecule has 8 heteroatoms. The molecular formula is C27H32Br4O4. The van der Waals surface area contributed by atoms with Crippen molar-refractivity contribution in [2.45, 2.75) is 59.5 Å². The van der Waals surface area contributed by atoms with Gasteiger partial charge < -0.3 is 18.9 Å². The third-order valence-corrected chi connectivity index (χ3v) is 7.49. The van der Waals surface area contributed by atoms with E-state index in [0.29, 0.717) is 24.7 Å². The minimum absolute atomic E-state index is 0.322. The second kappa shape index (κ2) is 13.2. The normalized spacial score (nSPS) is 13.3. The van der Waals surface area contributed by atoms with Gasteiger partial charge in [-0.1, -0.05) is 38.2 Å². The van der Waals surface area contributed by atoms with Crippen LogP contribution in [-0.4, -0.2) is 25.8 Å². The van der Waals surface area contributed by atoms with E-state index in [-0.39, 0.29) is 5.41 Å². The lowest BCUT2D eigenvalue weighted by Crippen LogP contribution is -2.21. The molecule has 0 aliphatic rings. The van der Waals surface area contributed by atoms with Crippen LogP contribution in [0.1, 0.15) is 52.7 Å². The Bertz CT molecular complexity index is 951. The first-order chi connectivity index (χ1) is 16.2. The molecule has 35 heavy (non-hydrogen) atoms. The number of ether oxygens (including phenoxy) is 4. The summed E-state index contributed by atoms with van der Waals surface area (Å²) in [4.78, 5) is 0. The van der Waals surface area contributed by atoms with Crippen molar-refractivity contribution < 1.29 is 18.9 Å². The van der Waals surface area contributed by atoms with E-state index in [1.54, 1.807) is 0 Å². The zero-order chi connectivity index (χ0) is 26.5. The molecule has 0 saturated heterocycles. The first-order valence-corrected chi connectivity index (χ1v) is 14.2. The van der Waals surface area contributed by atoms with Crippen molar-refractivity contribution in [3.63, 3.8) is 0 Å². The van der Waals surface area contributed by atoms with Crippen molar-refractivity contribution in [3.05, 3.63) is 77.6 Å². The Morgan fingerprint density at radius 1 is 0.714 bits per heavy atom. The highest BCUT2D eigenvalue weighted by atomic mass is 79.9. The lowest BCUT2D eigenvalue weighted by Gasteiger charge is -2.29. The van der Waals surface area contributed by atoms with Crippen molar-refractivity contribution in [1.82, 2.24) is 0 Å². The summed E-state index contributed by atoms with van der Waals surface area (Å²) in [6.07, 6.45) is -0.834. The average Bonchev–Trinajstić information content (AvgIpc) is 2.75. The Morgan fingerprint density at radius 3 is 1.26 bits per heavy atom. The second-order valence-corrected chi connectivity index (χ2v) is 12.5. The molecule has 0 saturated carbocycles. The number of benzene rings is 2. The molecule has 0 aromatic heterocycles. The number of rotatable bonds is 12. The van der Waals surface area contributed by atoms with Crippen LogP contribution in [0.4, 0.5) is 0 Å². The van der Waals surface area contributed by atoms with Crippen LogP contribution in [-0.2, 0) is 14.9 Å². The third kappa shape index (κ3) is 8.71. The summed E-state index contributed by atoms with van der Waals surface area (Å²) in [5, 5.41) is 0. The fourth-order valence-electron chi connectivity index (χ4n) is 3.15. The summed E-state index contributed by atoms with van der Waals surface area (Å²) in [6, 6.07) is 8.30. The second-order valence-electron chi connectivity index (χ2n) is 9.07. The van der Waals surface area contributed by atoms with Crippen molar-refractivity contribution >= 4 is 63.7 Å². The standard InChI is InChI=1S/C27H32Br4O4/c1-15(2)13-32-17(5)34-25-21(28)9-19(10-22(25)29)27(7,8)20-11-23(30)26(24(31)12-20)35-18(6)33-14-16(3)4/h9-12,17-18H,1,3,13-14H2,2,4-8H3.